The number of hydrogen-bond donors (Lipinski definition) is 1. The number of methoxy groups -OCH3 is 2. The van der Waals surface area contributed by atoms with E-state index < -0.39 is 0 Å². The smallest absolute Gasteiger partial charge is 0.250 e. The lowest BCUT2D eigenvalue weighted by Gasteiger charge is -2.07. The number of ether oxygens (including phenoxy) is 2. The van der Waals surface area contributed by atoms with Gasteiger partial charge in [0.1, 0.15) is 0 Å². The molecule has 0 saturated heterocycles. The molecule has 2 aromatic rings. The third kappa shape index (κ3) is 5.01. The van der Waals surface area contributed by atoms with Crippen LogP contribution < -0.4 is 14.8 Å². The van der Waals surface area contributed by atoms with Crippen LogP contribution >= 0.6 is 23.1 Å². The lowest BCUT2D eigenvalue weighted by molar-refractivity contribution is -0.111. The van der Waals surface area contributed by atoms with Crippen LogP contribution in [0.4, 0.5) is 5.13 Å². The molecule has 1 aromatic carbocycles. The summed E-state index contributed by atoms with van der Waals surface area (Å²) < 4.78 is 10.4. The second-order valence-corrected chi connectivity index (χ2v) is 6.24. The van der Waals surface area contributed by atoms with Crippen molar-refractivity contribution in [2.24, 2.45) is 0 Å². The van der Waals surface area contributed by atoms with Gasteiger partial charge in [0.15, 0.2) is 16.6 Å². The van der Waals surface area contributed by atoms with Crippen LogP contribution in [0.2, 0.25) is 0 Å². The van der Waals surface area contributed by atoms with Crippen molar-refractivity contribution in [3.63, 3.8) is 0 Å². The highest BCUT2D eigenvalue weighted by molar-refractivity contribution is 7.97. The number of hydrogen-bond acceptors (Lipinski definition) is 6. The molecule has 0 saturated carbocycles. The second kappa shape index (κ2) is 8.59. The zero-order valence-electron chi connectivity index (χ0n) is 13.2. The lowest BCUT2D eigenvalue weighted by atomic mass is 10.2. The van der Waals surface area contributed by atoms with Crippen LogP contribution in [0, 0.1) is 0 Å². The fourth-order valence-corrected chi connectivity index (χ4v) is 3.12. The van der Waals surface area contributed by atoms with Gasteiger partial charge in [-0.3, -0.25) is 10.1 Å². The Kier molecular flexibility index (Phi) is 6.49. The summed E-state index contributed by atoms with van der Waals surface area (Å²) in [5.74, 6) is 1.90. The molecule has 0 aliphatic heterocycles. The molecule has 0 aliphatic carbocycles. The van der Waals surface area contributed by atoms with Crippen LogP contribution in [0.15, 0.2) is 29.7 Å². The van der Waals surface area contributed by atoms with Gasteiger partial charge >= 0.3 is 0 Å². The Morgan fingerprint density at radius 2 is 2.13 bits per heavy atom. The number of nitrogens with one attached hydrogen (secondary N) is 1. The Labute approximate surface area is 143 Å². The van der Waals surface area contributed by atoms with E-state index in [0.717, 1.165) is 17.0 Å². The Morgan fingerprint density at radius 1 is 1.35 bits per heavy atom. The molecule has 0 radical (unpaired) electrons. The SMILES string of the molecule is COc1ccc(/C=C/C(=O)Nc2nc(CSC)cs2)cc1OC. The van der Waals surface area contributed by atoms with Crippen LogP contribution in [-0.4, -0.2) is 31.4 Å². The van der Waals surface area contributed by atoms with Crippen molar-refractivity contribution in [1.82, 2.24) is 4.98 Å². The molecular formula is C16H18N2O3S2. The van der Waals surface area contributed by atoms with Crippen LogP contribution in [0.5, 0.6) is 11.5 Å². The highest BCUT2D eigenvalue weighted by Gasteiger charge is 2.05. The predicted octanol–water partition coefficient (Wildman–Crippen LogP) is 3.68. The summed E-state index contributed by atoms with van der Waals surface area (Å²) >= 11 is 3.12. The first-order chi connectivity index (χ1) is 11.2. The van der Waals surface area contributed by atoms with Gasteiger partial charge in [-0.2, -0.15) is 11.8 Å². The molecule has 2 rings (SSSR count). The van der Waals surface area contributed by atoms with E-state index in [9.17, 15) is 4.79 Å². The Balaban J connectivity index is 2.00. The monoisotopic (exact) mass is 350 g/mol. The molecule has 1 aromatic heterocycles. The molecule has 0 bridgehead atoms. The molecule has 0 fully saturated rings. The largest absolute Gasteiger partial charge is 0.493 e. The first-order valence-corrected chi connectivity index (χ1v) is 9.08. The maximum atomic E-state index is 11.9. The summed E-state index contributed by atoms with van der Waals surface area (Å²) in [5, 5.41) is 5.31. The lowest BCUT2D eigenvalue weighted by Crippen LogP contribution is -2.07. The average molecular weight is 350 g/mol. The molecule has 5 nitrogen and oxygen atoms in total. The molecule has 1 amide bonds. The van der Waals surface area contributed by atoms with E-state index >= 15 is 0 Å². The van der Waals surface area contributed by atoms with Crippen LogP contribution in [0.1, 0.15) is 11.3 Å². The summed E-state index contributed by atoms with van der Waals surface area (Å²) in [6.45, 7) is 0. The van der Waals surface area contributed by atoms with E-state index in [2.05, 4.69) is 10.3 Å². The van der Waals surface area contributed by atoms with E-state index in [4.69, 9.17) is 9.47 Å². The maximum Gasteiger partial charge on any atom is 0.250 e. The standard InChI is InChI=1S/C16H18N2O3S2/c1-20-13-6-4-11(8-14(13)21-2)5-7-15(19)18-16-17-12(9-22-3)10-23-16/h4-8,10H,9H2,1-3H3,(H,17,18,19)/b7-5+. The van der Waals surface area contributed by atoms with E-state index in [0.29, 0.717) is 16.6 Å². The Hall–Kier alpha value is -1.99. The van der Waals surface area contributed by atoms with Gasteiger partial charge in [0.05, 0.1) is 19.9 Å². The van der Waals surface area contributed by atoms with Crippen molar-refractivity contribution >= 4 is 40.2 Å². The number of nitrogens with zero attached hydrogens (tertiary/aromatic N) is 1. The van der Waals surface area contributed by atoms with Gasteiger partial charge in [-0.1, -0.05) is 6.07 Å². The fourth-order valence-electron chi connectivity index (χ4n) is 1.85. The number of rotatable bonds is 7. The highest BCUT2D eigenvalue weighted by Crippen LogP contribution is 2.28. The minimum absolute atomic E-state index is 0.218. The summed E-state index contributed by atoms with van der Waals surface area (Å²) in [6, 6.07) is 5.46. The molecule has 0 spiro atoms. The number of anilines is 1. The topological polar surface area (TPSA) is 60.5 Å². The van der Waals surface area contributed by atoms with Gasteiger partial charge in [-0.25, -0.2) is 4.98 Å². The van der Waals surface area contributed by atoms with Crippen LogP contribution in [0.3, 0.4) is 0 Å². The summed E-state index contributed by atoms with van der Waals surface area (Å²) in [7, 11) is 3.16. The molecule has 0 atom stereocenters. The van der Waals surface area contributed by atoms with E-state index in [1.54, 1.807) is 38.1 Å². The third-order valence-corrected chi connectivity index (χ3v) is 4.30. The van der Waals surface area contributed by atoms with Gasteiger partial charge < -0.3 is 9.47 Å². The summed E-state index contributed by atoms with van der Waals surface area (Å²) in [6.07, 6.45) is 5.20. The molecule has 0 unspecified atom stereocenters. The molecule has 1 heterocycles. The van der Waals surface area contributed by atoms with Gasteiger partial charge in [-0.05, 0) is 30.0 Å². The Bertz CT molecular complexity index is 698. The normalized spacial score (nSPS) is 10.7. The van der Waals surface area contributed by atoms with Crippen molar-refractivity contribution in [3.05, 3.63) is 40.9 Å². The molecule has 7 heteroatoms. The molecule has 0 aliphatic rings. The third-order valence-electron chi connectivity index (χ3n) is 2.91. The zero-order valence-corrected chi connectivity index (χ0v) is 14.8. The van der Waals surface area contributed by atoms with Gasteiger partial charge in [0.2, 0.25) is 5.91 Å². The number of aromatic nitrogens is 1. The van der Waals surface area contributed by atoms with E-state index in [-0.39, 0.29) is 5.91 Å². The number of thioether (sulfide) groups is 1. The maximum absolute atomic E-state index is 11.9. The van der Waals surface area contributed by atoms with Gasteiger partial charge in [0, 0.05) is 17.2 Å². The molecular weight excluding hydrogens is 332 g/mol. The highest BCUT2D eigenvalue weighted by atomic mass is 32.2. The van der Waals surface area contributed by atoms with Crippen molar-refractivity contribution in [1.29, 1.82) is 0 Å². The zero-order chi connectivity index (χ0) is 16.7. The van der Waals surface area contributed by atoms with Gasteiger partial charge in [-0.15, -0.1) is 11.3 Å². The van der Waals surface area contributed by atoms with Gasteiger partial charge in [0.25, 0.3) is 0 Å². The number of amides is 1. The van der Waals surface area contributed by atoms with Crippen LogP contribution in [0.25, 0.3) is 6.08 Å². The average Bonchev–Trinajstić information content (AvgIpc) is 3.00. The van der Waals surface area contributed by atoms with Crippen molar-refractivity contribution < 1.29 is 14.3 Å². The number of carbonyl (C=O) groups excluding carboxylic acids is 1. The number of benzene rings is 1. The Morgan fingerprint density at radius 3 is 2.83 bits per heavy atom. The first kappa shape index (κ1) is 17.4. The van der Waals surface area contributed by atoms with E-state index in [1.807, 2.05) is 23.8 Å². The summed E-state index contributed by atoms with van der Waals surface area (Å²) in [5.41, 5.74) is 1.82. The summed E-state index contributed by atoms with van der Waals surface area (Å²) in [4.78, 5) is 16.3. The quantitative estimate of drug-likeness (QED) is 0.772. The second-order valence-electron chi connectivity index (χ2n) is 4.51. The first-order valence-electron chi connectivity index (χ1n) is 6.80. The van der Waals surface area contributed by atoms with Crippen LogP contribution in [-0.2, 0) is 10.5 Å². The minimum atomic E-state index is -0.218. The van der Waals surface area contributed by atoms with Crippen molar-refractivity contribution in [2.45, 2.75) is 5.75 Å². The van der Waals surface area contributed by atoms with E-state index in [1.165, 1.54) is 17.4 Å². The molecule has 23 heavy (non-hydrogen) atoms. The minimum Gasteiger partial charge on any atom is -0.493 e. The fraction of sp³-hybridized carbons (Fsp3) is 0.250. The molecule has 122 valence electrons. The van der Waals surface area contributed by atoms with Crippen molar-refractivity contribution in [3.8, 4) is 11.5 Å². The predicted molar refractivity (Wildman–Crippen MR) is 96.5 cm³/mol. The number of carbonyl (C=O) groups is 1. The molecule has 1 N–H and O–H groups in total. The number of thiazole rings is 1. The van der Waals surface area contributed by atoms with Crippen molar-refractivity contribution in [2.75, 3.05) is 25.8 Å².